The van der Waals surface area contributed by atoms with Gasteiger partial charge < -0.3 is 10.8 Å². The maximum Gasteiger partial charge on any atom is 0.274 e. The minimum absolute atomic E-state index is 0.134. The van der Waals surface area contributed by atoms with Crippen LogP contribution in [-0.2, 0) is 6.54 Å². The molecule has 2 rings (SSSR count). The Kier molecular flexibility index (Phi) is 2.39. The molecule has 0 fully saturated rings. The summed E-state index contributed by atoms with van der Waals surface area (Å²) in [5.41, 5.74) is 5.48. The van der Waals surface area contributed by atoms with Crippen LogP contribution in [-0.4, -0.2) is 21.5 Å². The average Bonchev–Trinajstić information content (AvgIpc) is 2.26. The molecule has 2 aromatic rings. The molecule has 0 amide bonds. The van der Waals surface area contributed by atoms with Crippen LogP contribution in [0.15, 0.2) is 29.1 Å². The first-order valence-electron chi connectivity index (χ1n) is 4.60. The van der Waals surface area contributed by atoms with Crippen molar-refractivity contribution >= 4 is 16.6 Å². The summed E-state index contributed by atoms with van der Waals surface area (Å²) in [5.74, 6) is 0.304. The molecule has 5 nitrogen and oxygen atoms in total. The summed E-state index contributed by atoms with van der Waals surface area (Å²) in [5, 5.41) is 13.9. The molecular formula is C10H11N3O2. The van der Waals surface area contributed by atoms with E-state index in [0.29, 0.717) is 16.6 Å². The molecule has 5 heteroatoms. The van der Waals surface area contributed by atoms with Crippen LogP contribution in [0.2, 0.25) is 0 Å². The highest BCUT2D eigenvalue weighted by Crippen LogP contribution is 2.13. The quantitative estimate of drug-likeness (QED) is 0.721. The van der Waals surface area contributed by atoms with Gasteiger partial charge in [-0.1, -0.05) is 18.2 Å². The van der Waals surface area contributed by atoms with Crippen molar-refractivity contribution in [2.75, 3.05) is 12.3 Å². The summed E-state index contributed by atoms with van der Waals surface area (Å²) in [6.45, 7) is 0.0263. The van der Waals surface area contributed by atoms with Gasteiger partial charge in [0.15, 0.2) is 5.82 Å². The molecule has 0 aliphatic rings. The van der Waals surface area contributed by atoms with Gasteiger partial charge in [-0.15, -0.1) is 0 Å². The van der Waals surface area contributed by atoms with Crippen molar-refractivity contribution in [2.24, 2.45) is 0 Å². The van der Waals surface area contributed by atoms with E-state index in [0.717, 1.165) is 0 Å². The lowest BCUT2D eigenvalue weighted by atomic mass is 10.2. The summed E-state index contributed by atoms with van der Waals surface area (Å²) >= 11 is 0. The van der Waals surface area contributed by atoms with Gasteiger partial charge >= 0.3 is 0 Å². The van der Waals surface area contributed by atoms with Crippen LogP contribution in [0.3, 0.4) is 0 Å². The van der Waals surface area contributed by atoms with Crippen molar-refractivity contribution in [1.82, 2.24) is 9.78 Å². The van der Waals surface area contributed by atoms with Gasteiger partial charge in [0.2, 0.25) is 0 Å². The van der Waals surface area contributed by atoms with Gasteiger partial charge in [-0.25, -0.2) is 4.68 Å². The fraction of sp³-hybridized carbons (Fsp3) is 0.200. The largest absolute Gasteiger partial charge is 0.394 e. The zero-order valence-corrected chi connectivity index (χ0v) is 8.05. The van der Waals surface area contributed by atoms with Crippen molar-refractivity contribution < 1.29 is 5.11 Å². The molecular weight excluding hydrogens is 194 g/mol. The van der Waals surface area contributed by atoms with Gasteiger partial charge in [0, 0.05) is 5.39 Å². The normalized spacial score (nSPS) is 10.7. The molecule has 0 atom stereocenters. The third kappa shape index (κ3) is 1.57. The molecule has 1 heterocycles. The molecule has 0 saturated carbocycles. The predicted molar refractivity (Wildman–Crippen MR) is 57.5 cm³/mol. The Hall–Kier alpha value is -1.88. The fourth-order valence-corrected chi connectivity index (χ4v) is 1.51. The second-order valence-electron chi connectivity index (χ2n) is 3.18. The van der Waals surface area contributed by atoms with Crippen molar-refractivity contribution in [1.29, 1.82) is 0 Å². The molecule has 0 aliphatic carbocycles. The van der Waals surface area contributed by atoms with E-state index in [2.05, 4.69) is 5.10 Å². The van der Waals surface area contributed by atoms with Crippen molar-refractivity contribution in [3.8, 4) is 0 Å². The summed E-state index contributed by atoms with van der Waals surface area (Å²) in [4.78, 5) is 11.8. The molecule has 0 spiro atoms. The minimum Gasteiger partial charge on any atom is -0.394 e. The number of aliphatic hydroxyl groups excluding tert-OH is 1. The number of nitrogen functional groups attached to an aromatic ring is 1. The van der Waals surface area contributed by atoms with Gasteiger partial charge in [0.05, 0.1) is 18.5 Å². The predicted octanol–water partition coefficient (Wildman–Crippen LogP) is -0.0290. The number of nitrogens with two attached hydrogens (primary N) is 1. The lowest BCUT2D eigenvalue weighted by Gasteiger charge is -2.06. The van der Waals surface area contributed by atoms with Crippen LogP contribution < -0.4 is 11.3 Å². The first-order chi connectivity index (χ1) is 7.24. The van der Waals surface area contributed by atoms with Crippen molar-refractivity contribution in [2.45, 2.75) is 6.54 Å². The Morgan fingerprint density at radius 2 is 2.00 bits per heavy atom. The molecule has 0 saturated heterocycles. The molecule has 0 unspecified atom stereocenters. The van der Waals surface area contributed by atoms with Crippen LogP contribution in [0.5, 0.6) is 0 Å². The van der Waals surface area contributed by atoms with Gasteiger partial charge in [-0.2, -0.15) is 5.10 Å². The molecule has 3 N–H and O–H groups in total. The van der Waals surface area contributed by atoms with E-state index < -0.39 is 0 Å². The monoisotopic (exact) mass is 205 g/mol. The van der Waals surface area contributed by atoms with Gasteiger partial charge in [0.25, 0.3) is 5.56 Å². The van der Waals surface area contributed by atoms with Gasteiger partial charge in [0.1, 0.15) is 0 Å². The second-order valence-corrected chi connectivity index (χ2v) is 3.18. The summed E-state index contributed by atoms with van der Waals surface area (Å²) in [7, 11) is 0. The number of hydrogen-bond donors (Lipinski definition) is 2. The van der Waals surface area contributed by atoms with E-state index in [1.165, 1.54) is 4.68 Å². The standard InChI is InChI=1S/C10H11N3O2/c11-9-7-3-1-2-4-8(7)10(15)13(12-9)5-6-14/h1-4,14H,5-6H2,(H2,11,12). The first kappa shape index (κ1) is 9.67. The number of rotatable bonds is 2. The smallest absolute Gasteiger partial charge is 0.274 e. The van der Waals surface area contributed by atoms with E-state index in [-0.39, 0.29) is 18.7 Å². The zero-order valence-electron chi connectivity index (χ0n) is 8.05. The second kappa shape index (κ2) is 3.70. The molecule has 0 bridgehead atoms. The maximum atomic E-state index is 11.8. The van der Waals surface area contributed by atoms with E-state index in [9.17, 15) is 4.79 Å². The van der Waals surface area contributed by atoms with Gasteiger partial charge in [-0.3, -0.25) is 4.79 Å². The Balaban J connectivity index is 2.79. The topological polar surface area (TPSA) is 81.1 Å². The molecule has 78 valence electrons. The van der Waals surface area contributed by atoms with E-state index in [4.69, 9.17) is 10.8 Å². The molecule has 15 heavy (non-hydrogen) atoms. The average molecular weight is 205 g/mol. The highest BCUT2D eigenvalue weighted by molar-refractivity contribution is 5.89. The zero-order chi connectivity index (χ0) is 10.8. The molecule has 1 aromatic carbocycles. The Morgan fingerprint density at radius 1 is 1.33 bits per heavy atom. The van der Waals surface area contributed by atoms with Crippen LogP contribution in [0.4, 0.5) is 5.82 Å². The Morgan fingerprint density at radius 3 is 2.67 bits per heavy atom. The summed E-state index contributed by atoms with van der Waals surface area (Å²) in [6, 6.07) is 7.02. The van der Waals surface area contributed by atoms with Crippen LogP contribution in [0, 0.1) is 0 Å². The molecule has 0 aliphatic heterocycles. The lowest BCUT2D eigenvalue weighted by Crippen LogP contribution is -2.25. The minimum atomic E-state index is -0.228. The fourth-order valence-electron chi connectivity index (χ4n) is 1.51. The highest BCUT2D eigenvalue weighted by atomic mass is 16.3. The van der Waals surface area contributed by atoms with Gasteiger partial charge in [-0.05, 0) is 6.07 Å². The number of aliphatic hydroxyl groups is 1. The third-order valence-electron chi connectivity index (χ3n) is 2.21. The van der Waals surface area contributed by atoms with E-state index >= 15 is 0 Å². The highest BCUT2D eigenvalue weighted by Gasteiger charge is 2.06. The van der Waals surface area contributed by atoms with E-state index in [1.807, 2.05) is 0 Å². The van der Waals surface area contributed by atoms with E-state index in [1.54, 1.807) is 24.3 Å². The first-order valence-corrected chi connectivity index (χ1v) is 4.60. The number of hydrogen-bond acceptors (Lipinski definition) is 4. The third-order valence-corrected chi connectivity index (χ3v) is 2.21. The summed E-state index contributed by atoms with van der Waals surface area (Å²) in [6.07, 6.45) is 0. The molecule has 1 aromatic heterocycles. The Labute approximate surface area is 85.8 Å². The summed E-state index contributed by atoms with van der Waals surface area (Å²) < 4.78 is 1.18. The van der Waals surface area contributed by atoms with Crippen LogP contribution in [0.1, 0.15) is 0 Å². The number of nitrogens with zero attached hydrogens (tertiary/aromatic N) is 2. The van der Waals surface area contributed by atoms with Crippen LogP contribution in [0.25, 0.3) is 10.8 Å². The number of fused-ring (bicyclic) bond motifs is 1. The van der Waals surface area contributed by atoms with Crippen molar-refractivity contribution in [3.05, 3.63) is 34.6 Å². The van der Waals surface area contributed by atoms with Crippen LogP contribution >= 0.6 is 0 Å². The molecule has 0 radical (unpaired) electrons. The SMILES string of the molecule is Nc1nn(CCO)c(=O)c2ccccc12. The van der Waals surface area contributed by atoms with Crippen molar-refractivity contribution in [3.63, 3.8) is 0 Å². The number of benzene rings is 1. The maximum absolute atomic E-state index is 11.8. The number of aromatic nitrogens is 2. The number of anilines is 1. The Bertz CT molecular complexity index is 548. The lowest BCUT2D eigenvalue weighted by molar-refractivity contribution is 0.267.